The van der Waals surface area contributed by atoms with Crippen molar-refractivity contribution in [1.29, 1.82) is 0 Å². The van der Waals surface area contributed by atoms with Gasteiger partial charge in [-0.15, -0.1) is 0 Å². The van der Waals surface area contributed by atoms with Crippen LogP contribution >= 0.6 is 0 Å². The van der Waals surface area contributed by atoms with Crippen LogP contribution in [0.4, 0.5) is 64.1 Å². The van der Waals surface area contributed by atoms with E-state index >= 15 is 0 Å². The number of nitrogens with zero attached hydrogens (tertiary/aromatic N) is 3. The van der Waals surface area contributed by atoms with Crippen LogP contribution in [0.15, 0.2) is 53.3 Å². The van der Waals surface area contributed by atoms with Gasteiger partial charge in [-0.3, -0.25) is 18.9 Å². The van der Waals surface area contributed by atoms with Gasteiger partial charge in [0.2, 0.25) is 0 Å². The quantitative estimate of drug-likeness (QED) is 0.162. The highest BCUT2D eigenvalue weighted by Gasteiger charge is 2.48. The molecule has 1 atom stereocenters. The third-order valence-corrected chi connectivity index (χ3v) is 8.55. The minimum absolute atomic E-state index is 0.0239. The fourth-order valence-corrected chi connectivity index (χ4v) is 6.63. The molecule has 1 unspecified atom stereocenters. The fraction of sp³-hybridized carbons (Fsp3) is 0.167. The zero-order valence-electron chi connectivity index (χ0n) is 22.9. The third kappa shape index (κ3) is 3.88. The molecular weight excluding hydrogens is 676 g/mol. The van der Waals surface area contributed by atoms with Crippen LogP contribution in [-0.2, 0) is 24.7 Å². The molecule has 4 aromatic carbocycles. The Kier molecular flexibility index (Phi) is 5.50. The minimum Gasteiger partial charge on any atom is -0.359 e. The highest BCUT2D eigenvalue weighted by Crippen LogP contribution is 2.54. The van der Waals surface area contributed by atoms with Crippen molar-refractivity contribution in [2.45, 2.75) is 30.9 Å². The van der Waals surface area contributed by atoms with Gasteiger partial charge in [0.05, 0.1) is 39.1 Å². The lowest BCUT2D eigenvalue weighted by molar-refractivity contribution is -0.144. The number of imidazole rings is 1. The normalized spacial score (nSPS) is 16.8. The highest BCUT2D eigenvalue weighted by molar-refractivity contribution is 6.27. The number of alkyl halides is 12. The van der Waals surface area contributed by atoms with E-state index in [4.69, 9.17) is 0 Å². The number of pyridine rings is 1. The van der Waals surface area contributed by atoms with Gasteiger partial charge in [-0.1, -0.05) is 6.07 Å². The summed E-state index contributed by atoms with van der Waals surface area (Å²) in [5.41, 5.74) is -12.0. The van der Waals surface area contributed by atoms with E-state index in [1.807, 2.05) is 0 Å². The second-order valence-corrected chi connectivity index (χ2v) is 11.2. The molecule has 0 fully saturated rings. The molecule has 2 aliphatic heterocycles. The number of carbonyl (C=O) groups excluding carboxylic acids is 1. The molecule has 246 valence electrons. The summed E-state index contributed by atoms with van der Waals surface area (Å²) in [5, 5.41) is 1.96. The Bertz CT molecular complexity index is 2490. The Labute approximate surface area is 256 Å². The maximum absolute atomic E-state index is 14.0. The van der Waals surface area contributed by atoms with Crippen molar-refractivity contribution >= 4 is 55.5 Å². The summed E-state index contributed by atoms with van der Waals surface area (Å²) in [7, 11) is 0. The summed E-state index contributed by atoms with van der Waals surface area (Å²) in [6.07, 6.45) is -22.6. The number of fused-ring (bicyclic) bond motifs is 8. The average Bonchev–Trinajstić information content (AvgIpc) is 3.55. The van der Waals surface area contributed by atoms with Crippen LogP contribution in [0.3, 0.4) is 0 Å². The molecule has 48 heavy (non-hydrogen) atoms. The van der Waals surface area contributed by atoms with E-state index in [2.05, 4.69) is 10.3 Å². The van der Waals surface area contributed by atoms with Gasteiger partial charge in [-0.2, -0.15) is 52.7 Å². The zero-order chi connectivity index (χ0) is 34.6. The molecule has 0 saturated carbocycles. The molecule has 1 amide bonds. The number of carbonyl (C=O) groups is 1. The molecule has 6 nitrogen and oxygen atoms in total. The van der Waals surface area contributed by atoms with Gasteiger partial charge < -0.3 is 5.32 Å². The Balaban J connectivity index is 1.44. The van der Waals surface area contributed by atoms with E-state index in [-0.39, 0.29) is 44.8 Å². The van der Waals surface area contributed by atoms with Crippen LogP contribution < -0.4 is 15.8 Å². The second kappa shape index (κ2) is 8.78. The maximum Gasteiger partial charge on any atom is 0.418 e. The molecule has 0 spiro atoms. The summed E-state index contributed by atoms with van der Waals surface area (Å²) in [4.78, 5) is 32.3. The van der Waals surface area contributed by atoms with Crippen molar-refractivity contribution in [1.82, 2.24) is 9.38 Å². The third-order valence-electron chi connectivity index (χ3n) is 8.55. The number of anilines is 2. The van der Waals surface area contributed by atoms with E-state index in [1.54, 1.807) is 0 Å². The number of nitrogens with one attached hydrogen (secondary N) is 1. The van der Waals surface area contributed by atoms with E-state index in [0.29, 0.717) is 21.4 Å². The molecule has 0 bridgehead atoms. The van der Waals surface area contributed by atoms with Crippen LogP contribution in [0.1, 0.15) is 44.3 Å². The molecular formula is C30H10F12N4O2. The maximum atomic E-state index is 14.0. The van der Waals surface area contributed by atoms with E-state index in [0.717, 1.165) is 18.2 Å². The summed E-state index contributed by atoms with van der Waals surface area (Å²) >= 11 is 0. The lowest BCUT2D eigenvalue weighted by Gasteiger charge is -2.32. The molecule has 0 radical (unpaired) electrons. The van der Waals surface area contributed by atoms with Gasteiger partial charge in [0, 0.05) is 32.7 Å². The van der Waals surface area contributed by atoms with Crippen molar-refractivity contribution in [3.8, 4) is 0 Å². The smallest absolute Gasteiger partial charge is 0.359 e. The minimum atomic E-state index is -5.33. The molecule has 0 saturated heterocycles. The lowest BCUT2D eigenvalue weighted by atomic mass is 9.89. The first-order valence-electron chi connectivity index (χ1n) is 13.5. The van der Waals surface area contributed by atoms with E-state index in [1.165, 1.54) is 6.07 Å². The molecule has 18 heteroatoms. The van der Waals surface area contributed by atoms with Gasteiger partial charge in [0.25, 0.3) is 11.5 Å². The van der Waals surface area contributed by atoms with Crippen molar-refractivity contribution < 1.29 is 57.5 Å². The lowest BCUT2D eigenvalue weighted by Crippen LogP contribution is -2.38. The monoisotopic (exact) mass is 686 g/mol. The first-order valence-corrected chi connectivity index (χ1v) is 13.5. The number of amides is 1. The van der Waals surface area contributed by atoms with Gasteiger partial charge in [0.15, 0.2) is 0 Å². The van der Waals surface area contributed by atoms with E-state index in [9.17, 15) is 62.3 Å². The summed E-state index contributed by atoms with van der Waals surface area (Å²) in [6, 6.07) is 5.06. The number of hydrogen-bond acceptors (Lipinski definition) is 4. The summed E-state index contributed by atoms with van der Waals surface area (Å²) in [5.74, 6) is -1.06. The molecule has 6 aromatic rings. The van der Waals surface area contributed by atoms with Gasteiger partial charge in [0.1, 0.15) is 17.3 Å². The first-order chi connectivity index (χ1) is 22.2. The van der Waals surface area contributed by atoms with Crippen LogP contribution in [-0.4, -0.2) is 15.3 Å². The number of hydrogen-bond donors (Lipinski definition) is 1. The Morgan fingerprint density at radius 3 is 1.90 bits per heavy atom. The van der Waals surface area contributed by atoms with Crippen LogP contribution in [0.2, 0.25) is 0 Å². The van der Waals surface area contributed by atoms with Crippen molar-refractivity contribution in [2.24, 2.45) is 0 Å². The molecule has 8 rings (SSSR count). The topological polar surface area (TPSA) is 66.7 Å². The van der Waals surface area contributed by atoms with Crippen molar-refractivity contribution in [3.63, 3.8) is 0 Å². The summed E-state index contributed by atoms with van der Waals surface area (Å²) in [6.45, 7) is 0. The predicted octanol–water partition coefficient (Wildman–Crippen LogP) is 8.75. The summed E-state index contributed by atoms with van der Waals surface area (Å²) < 4.78 is 166. The van der Waals surface area contributed by atoms with Crippen LogP contribution in [0.25, 0.3) is 38.2 Å². The highest BCUT2D eigenvalue weighted by atomic mass is 19.4. The van der Waals surface area contributed by atoms with Gasteiger partial charge in [-0.05, 0) is 42.5 Å². The van der Waals surface area contributed by atoms with Crippen molar-refractivity contribution in [3.05, 3.63) is 92.3 Å². The first kappa shape index (κ1) is 30.1. The number of rotatable bonds is 0. The molecule has 4 heterocycles. The Morgan fingerprint density at radius 1 is 0.667 bits per heavy atom. The standard InChI is InChI=1S/C30H10F12N4O2/c31-27(32,33)9-5-15(29(37,38)39)21-17(7-9)45-23(43-21)11-1-3-13-20-12(2-4-14(19(11)20)26(45)48)24-44-22-16(30(40,41)42)6-10(28(34,35)36)8-18(22)46(24)25(13)47/h1-8,23,43H. The molecule has 0 aliphatic carbocycles. The SMILES string of the molecule is O=C1c2ccc3c4c2c(ccc4c(=O)n2c4cc(C(F)(F)F)cc(C(F)(F)F)c4nc32)C2Nc3c(cc(C(F)(F)F)cc3C(F)(F)F)N12. The molecule has 2 aliphatic rings. The predicted molar refractivity (Wildman–Crippen MR) is 145 cm³/mol. The fourth-order valence-electron chi connectivity index (χ4n) is 6.63. The molecule has 1 N–H and O–H groups in total. The number of benzene rings is 4. The average molecular weight is 686 g/mol. The van der Waals surface area contributed by atoms with Crippen LogP contribution in [0.5, 0.6) is 0 Å². The largest absolute Gasteiger partial charge is 0.418 e. The number of aromatic nitrogens is 2. The zero-order valence-corrected chi connectivity index (χ0v) is 22.9. The second-order valence-electron chi connectivity index (χ2n) is 11.2. The van der Waals surface area contributed by atoms with E-state index < -0.39 is 92.6 Å². The van der Waals surface area contributed by atoms with Gasteiger partial charge in [-0.25, -0.2) is 4.98 Å². The number of halogens is 12. The van der Waals surface area contributed by atoms with Crippen molar-refractivity contribution in [2.75, 3.05) is 10.2 Å². The molecule has 2 aromatic heterocycles. The van der Waals surface area contributed by atoms with Crippen LogP contribution in [0, 0.1) is 0 Å². The Hall–Kier alpha value is -5.29. The van der Waals surface area contributed by atoms with Gasteiger partial charge >= 0.3 is 24.7 Å². The Morgan fingerprint density at radius 2 is 1.27 bits per heavy atom.